The van der Waals surface area contributed by atoms with Gasteiger partial charge in [0, 0.05) is 5.56 Å². The molecule has 0 aliphatic rings. The summed E-state index contributed by atoms with van der Waals surface area (Å²) in [6.07, 6.45) is 1.50. The predicted octanol–water partition coefficient (Wildman–Crippen LogP) is 1.08. The number of ether oxygens (including phenoxy) is 2. The molecule has 0 bridgehead atoms. The molecule has 0 spiro atoms. The average Bonchev–Trinajstić information content (AvgIpc) is 2.46. The number of nitrogens with one attached hydrogen (secondary N) is 1. The fourth-order valence-electron chi connectivity index (χ4n) is 1.43. The van der Waals surface area contributed by atoms with Crippen LogP contribution < -0.4 is 10.1 Å². The number of carboxylic acid groups (broad SMARTS) is 1. The van der Waals surface area contributed by atoms with Gasteiger partial charge in [0.15, 0.2) is 6.04 Å². The quantitative estimate of drug-likeness (QED) is 0.549. The summed E-state index contributed by atoms with van der Waals surface area (Å²) < 4.78 is 10.0. The molecular weight excluding hydrogens is 262 g/mol. The first-order chi connectivity index (χ1) is 9.58. The van der Waals surface area contributed by atoms with Gasteiger partial charge in [-0.2, -0.15) is 0 Å². The zero-order valence-electron chi connectivity index (χ0n) is 11.2. The van der Waals surface area contributed by atoms with Gasteiger partial charge in [-0.05, 0) is 24.3 Å². The van der Waals surface area contributed by atoms with Crippen LogP contribution in [0.2, 0.25) is 0 Å². The second-order valence-corrected chi connectivity index (χ2v) is 3.92. The van der Waals surface area contributed by atoms with Crippen molar-refractivity contribution >= 4 is 11.9 Å². The molecule has 20 heavy (non-hydrogen) atoms. The molecule has 1 rings (SSSR count). The van der Waals surface area contributed by atoms with Crippen LogP contribution in [0.25, 0.3) is 0 Å². The number of hydrogen-bond acceptors (Lipinski definition) is 4. The molecule has 1 unspecified atom stereocenters. The van der Waals surface area contributed by atoms with Gasteiger partial charge in [0.25, 0.3) is 5.91 Å². The highest BCUT2D eigenvalue weighted by atomic mass is 16.5. The molecule has 0 saturated heterocycles. The molecule has 0 fully saturated rings. The Morgan fingerprint density at radius 2 is 2.05 bits per heavy atom. The number of aliphatic carboxylic acids is 1. The van der Waals surface area contributed by atoms with E-state index in [4.69, 9.17) is 14.6 Å². The fraction of sp³-hybridized carbons (Fsp3) is 0.286. The predicted molar refractivity (Wildman–Crippen MR) is 72.9 cm³/mol. The van der Waals surface area contributed by atoms with E-state index in [1.54, 1.807) is 24.3 Å². The molecule has 0 heterocycles. The molecule has 0 radical (unpaired) electrons. The van der Waals surface area contributed by atoms with Gasteiger partial charge in [0.2, 0.25) is 0 Å². The minimum atomic E-state index is -1.16. The number of carbonyl (C=O) groups excluding carboxylic acids is 1. The highest BCUT2D eigenvalue weighted by Crippen LogP contribution is 2.11. The van der Waals surface area contributed by atoms with Crippen LogP contribution in [0.4, 0.5) is 0 Å². The molecular formula is C14H17NO5. The first-order valence-corrected chi connectivity index (χ1v) is 5.95. The van der Waals surface area contributed by atoms with Crippen molar-refractivity contribution in [1.82, 2.24) is 5.32 Å². The van der Waals surface area contributed by atoms with Gasteiger partial charge < -0.3 is 19.9 Å². The molecule has 6 heteroatoms. The summed E-state index contributed by atoms with van der Waals surface area (Å²) in [7, 11) is 1.52. The van der Waals surface area contributed by atoms with E-state index in [9.17, 15) is 9.59 Å². The van der Waals surface area contributed by atoms with Crippen LogP contribution in [0.1, 0.15) is 10.4 Å². The number of rotatable bonds is 8. The number of carboxylic acids is 1. The largest absolute Gasteiger partial charge is 0.497 e. The summed E-state index contributed by atoms with van der Waals surface area (Å²) in [5, 5.41) is 11.4. The van der Waals surface area contributed by atoms with Gasteiger partial charge in [-0.3, -0.25) is 4.79 Å². The molecule has 0 aliphatic heterocycles. The minimum Gasteiger partial charge on any atom is -0.497 e. The van der Waals surface area contributed by atoms with E-state index >= 15 is 0 Å². The molecule has 1 atom stereocenters. The maximum atomic E-state index is 11.9. The van der Waals surface area contributed by atoms with Gasteiger partial charge in [0.1, 0.15) is 5.75 Å². The average molecular weight is 279 g/mol. The van der Waals surface area contributed by atoms with Crippen LogP contribution in [0.15, 0.2) is 36.9 Å². The number of amides is 1. The zero-order chi connectivity index (χ0) is 15.0. The lowest BCUT2D eigenvalue weighted by Gasteiger charge is -2.14. The van der Waals surface area contributed by atoms with E-state index in [2.05, 4.69) is 11.9 Å². The third-order valence-electron chi connectivity index (χ3n) is 2.48. The Bertz CT molecular complexity index is 469. The second-order valence-electron chi connectivity index (χ2n) is 3.92. The molecule has 2 N–H and O–H groups in total. The van der Waals surface area contributed by atoms with Crippen molar-refractivity contribution in [2.75, 3.05) is 20.3 Å². The van der Waals surface area contributed by atoms with Gasteiger partial charge in [-0.1, -0.05) is 6.08 Å². The fourth-order valence-corrected chi connectivity index (χ4v) is 1.43. The lowest BCUT2D eigenvalue weighted by molar-refractivity contribution is -0.140. The summed E-state index contributed by atoms with van der Waals surface area (Å²) >= 11 is 0. The Hall–Kier alpha value is -2.34. The van der Waals surface area contributed by atoms with E-state index < -0.39 is 17.9 Å². The van der Waals surface area contributed by atoms with Crippen LogP contribution in [0, 0.1) is 0 Å². The highest BCUT2D eigenvalue weighted by Gasteiger charge is 2.20. The topological polar surface area (TPSA) is 84.9 Å². The maximum absolute atomic E-state index is 11.9. The lowest BCUT2D eigenvalue weighted by Crippen LogP contribution is -2.44. The number of benzene rings is 1. The third-order valence-corrected chi connectivity index (χ3v) is 2.48. The van der Waals surface area contributed by atoms with Gasteiger partial charge in [-0.25, -0.2) is 4.79 Å². The number of hydrogen-bond donors (Lipinski definition) is 2. The molecule has 0 aliphatic carbocycles. The van der Waals surface area contributed by atoms with Crippen molar-refractivity contribution in [3.05, 3.63) is 42.5 Å². The minimum absolute atomic E-state index is 0.122. The van der Waals surface area contributed by atoms with Crippen LogP contribution in [-0.4, -0.2) is 43.3 Å². The van der Waals surface area contributed by atoms with E-state index in [1.165, 1.54) is 13.2 Å². The van der Waals surface area contributed by atoms with Crippen molar-refractivity contribution in [2.45, 2.75) is 6.04 Å². The molecule has 108 valence electrons. The number of methoxy groups -OCH3 is 1. The normalized spacial score (nSPS) is 11.4. The van der Waals surface area contributed by atoms with Crippen LogP contribution in [-0.2, 0) is 9.53 Å². The van der Waals surface area contributed by atoms with Crippen molar-refractivity contribution in [3.8, 4) is 5.75 Å². The SMILES string of the molecule is C=CCOCC(NC(=O)c1ccc(OC)cc1)C(=O)O. The molecule has 1 amide bonds. The van der Waals surface area contributed by atoms with E-state index in [1.807, 2.05) is 0 Å². The smallest absolute Gasteiger partial charge is 0.328 e. The van der Waals surface area contributed by atoms with Crippen molar-refractivity contribution in [2.24, 2.45) is 0 Å². The summed E-state index contributed by atoms with van der Waals surface area (Å²) in [6, 6.07) is 5.25. The molecule has 1 aromatic rings. The van der Waals surface area contributed by atoms with E-state index in [0.717, 1.165) is 0 Å². The van der Waals surface area contributed by atoms with E-state index in [-0.39, 0.29) is 13.2 Å². The highest BCUT2D eigenvalue weighted by molar-refractivity contribution is 5.96. The Balaban J connectivity index is 2.64. The van der Waals surface area contributed by atoms with Gasteiger partial charge >= 0.3 is 5.97 Å². The zero-order valence-corrected chi connectivity index (χ0v) is 11.2. The standard InChI is InChI=1S/C14H17NO5/c1-3-8-20-9-12(14(17)18)15-13(16)10-4-6-11(19-2)7-5-10/h3-7,12H,1,8-9H2,2H3,(H,15,16)(H,17,18). The van der Waals surface area contributed by atoms with Crippen LogP contribution >= 0.6 is 0 Å². The first-order valence-electron chi connectivity index (χ1n) is 5.95. The summed E-state index contributed by atoms with van der Waals surface area (Å²) in [6.45, 7) is 3.56. The second kappa shape index (κ2) is 7.96. The maximum Gasteiger partial charge on any atom is 0.328 e. The molecule has 0 aromatic heterocycles. The number of carbonyl (C=O) groups is 2. The summed E-state index contributed by atoms with van der Waals surface area (Å²) in [5.74, 6) is -1.02. The van der Waals surface area contributed by atoms with Gasteiger partial charge in [0.05, 0.1) is 20.3 Å². The van der Waals surface area contributed by atoms with Crippen molar-refractivity contribution in [1.29, 1.82) is 0 Å². The van der Waals surface area contributed by atoms with Crippen LogP contribution in [0.5, 0.6) is 5.75 Å². The molecule has 6 nitrogen and oxygen atoms in total. The first kappa shape index (κ1) is 15.7. The Kier molecular flexibility index (Phi) is 6.25. The Morgan fingerprint density at radius 3 is 2.55 bits per heavy atom. The Labute approximate surface area is 117 Å². The monoisotopic (exact) mass is 279 g/mol. The van der Waals surface area contributed by atoms with Gasteiger partial charge in [-0.15, -0.1) is 6.58 Å². The molecule has 1 aromatic carbocycles. The van der Waals surface area contributed by atoms with Crippen molar-refractivity contribution < 1.29 is 24.2 Å². The Morgan fingerprint density at radius 1 is 1.40 bits per heavy atom. The van der Waals surface area contributed by atoms with Crippen LogP contribution in [0.3, 0.4) is 0 Å². The summed E-state index contributed by atoms with van der Waals surface area (Å²) in [5.41, 5.74) is 0.348. The molecule has 0 saturated carbocycles. The van der Waals surface area contributed by atoms with E-state index in [0.29, 0.717) is 11.3 Å². The lowest BCUT2D eigenvalue weighted by atomic mass is 10.2. The summed E-state index contributed by atoms with van der Waals surface area (Å²) in [4.78, 5) is 22.9. The van der Waals surface area contributed by atoms with Crippen molar-refractivity contribution in [3.63, 3.8) is 0 Å². The third kappa shape index (κ3) is 4.74.